The van der Waals surface area contributed by atoms with Crippen molar-refractivity contribution in [2.24, 2.45) is 0 Å². The first-order chi connectivity index (χ1) is 12.4. The number of sulfonamides is 1. The average Bonchev–Trinajstić information content (AvgIpc) is 2.62. The van der Waals surface area contributed by atoms with Gasteiger partial charge in [-0.3, -0.25) is 0 Å². The van der Waals surface area contributed by atoms with Crippen LogP contribution < -0.4 is 5.32 Å². The molecule has 2 aromatic carbocycles. The van der Waals surface area contributed by atoms with Crippen molar-refractivity contribution in [3.63, 3.8) is 0 Å². The molecule has 1 N–H and O–H groups in total. The second-order valence-electron chi connectivity index (χ2n) is 6.78. The number of anilines is 1. The fraction of sp³-hybridized carbons (Fsp3) is 0.350. The van der Waals surface area contributed by atoms with E-state index < -0.39 is 10.0 Å². The number of piperidine rings is 1. The SMILES string of the molecule is Cc1cccc(NC2CCN(S(=O)(=O)c3ccc(C#N)c(C)c3)CC2)c1. The molecule has 0 spiro atoms. The topological polar surface area (TPSA) is 73.2 Å². The van der Waals surface area contributed by atoms with E-state index in [0.29, 0.717) is 24.2 Å². The third kappa shape index (κ3) is 3.90. The van der Waals surface area contributed by atoms with Crippen molar-refractivity contribution in [1.82, 2.24) is 4.31 Å². The number of aryl methyl sites for hydroxylation is 2. The number of nitrogens with zero attached hydrogens (tertiary/aromatic N) is 2. The first-order valence-corrected chi connectivity index (χ1v) is 10.2. The molecular formula is C20H23N3O2S. The molecule has 0 aliphatic carbocycles. The minimum atomic E-state index is -3.52. The number of rotatable bonds is 4. The van der Waals surface area contributed by atoms with Crippen molar-refractivity contribution < 1.29 is 8.42 Å². The molecule has 1 aliphatic rings. The number of nitriles is 1. The van der Waals surface area contributed by atoms with Gasteiger partial charge in [-0.1, -0.05) is 12.1 Å². The van der Waals surface area contributed by atoms with Crippen molar-refractivity contribution in [3.8, 4) is 6.07 Å². The number of hydrogen-bond donors (Lipinski definition) is 1. The van der Waals surface area contributed by atoms with Gasteiger partial charge in [0, 0.05) is 24.8 Å². The van der Waals surface area contributed by atoms with Gasteiger partial charge < -0.3 is 5.32 Å². The first-order valence-electron chi connectivity index (χ1n) is 8.74. The molecule has 1 saturated heterocycles. The highest BCUT2D eigenvalue weighted by Crippen LogP contribution is 2.24. The maximum absolute atomic E-state index is 12.9. The van der Waals surface area contributed by atoms with Gasteiger partial charge in [-0.05, 0) is 68.1 Å². The van der Waals surface area contributed by atoms with Crippen molar-refractivity contribution in [2.75, 3.05) is 18.4 Å². The van der Waals surface area contributed by atoms with Crippen LogP contribution in [0.3, 0.4) is 0 Å². The molecule has 3 rings (SSSR count). The van der Waals surface area contributed by atoms with Crippen molar-refractivity contribution in [2.45, 2.75) is 37.6 Å². The quantitative estimate of drug-likeness (QED) is 0.896. The highest BCUT2D eigenvalue weighted by molar-refractivity contribution is 7.89. The Kier molecular flexibility index (Phi) is 5.30. The molecule has 0 atom stereocenters. The summed E-state index contributed by atoms with van der Waals surface area (Å²) < 4.78 is 27.3. The molecule has 2 aromatic rings. The van der Waals surface area contributed by atoms with Crippen LogP contribution in [0.4, 0.5) is 5.69 Å². The molecule has 0 saturated carbocycles. The predicted octanol–water partition coefficient (Wildman–Crippen LogP) is 3.44. The van der Waals surface area contributed by atoms with E-state index in [1.807, 2.05) is 12.1 Å². The predicted molar refractivity (Wildman–Crippen MR) is 102 cm³/mol. The van der Waals surface area contributed by atoms with E-state index in [-0.39, 0.29) is 10.9 Å². The summed E-state index contributed by atoms with van der Waals surface area (Å²) in [5.74, 6) is 0. The molecule has 136 valence electrons. The van der Waals surface area contributed by atoms with E-state index in [0.717, 1.165) is 18.5 Å². The van der Waals surface area contributed by atoms with Crippen LogP contribution in [-0.2, 0) is 10.0 Å². The summed E-state index contributed by atoms with van der Waals surface area (Å²) in [7, 11) is -3.52. The summed E-state index contributed by atoms with van der Waals surface area (Å²) in [6.07, 6.45) is 1.53. The molecular weight excluding hydrogens is 346 g/mol. The highest BCUT2D eigenvalue weighted by Gasteiger charge is 2.29. The van der Waals surface area contributed by atoms with E-state index in [2.05, 4.69) is 30.4 Å². The van der Waals surface area contributed by atoms with Crippen LogP contribution in [0.25, 0.3) is 0 Å². The Bertz CT molecular complexity index is 940. The molecule has 0 radical (unpaired) electrons. The van der Waals surface area contributed by atoms with Gasteiger partial charge >= 0.3 is 0 Å². The molecule has 0 bridgehead atoms. The third-order valence-electron chi connectivity index (χ3n) is 4.80. The minimum absolute atomic E-state index is 0.263. The Hall–Kier alpha value is -2.36. The monoisotopic (exact) mass is 369 g/mol. The van der Waals surface area contributed by atoms with Gasteiger partial charge in [0.15, 0.2) is 0 Å². The Labute approximate surface area is 155 Å². The smallest absolute Gasteiger partial charge is 0.243 e. The van der Waals surface area contributed by atoms with Crippen LogP contribution in [0.15, 0.2) is 47.4 Å². The highest BCUT2D eigenvalue weighted by atomic mass is 32.2. The Morgan fingerprint density at radius 3 is 2.46 bits per heavy atom. The minimum Gasteiger partial charge on any atom is -0.382 e. The standard InChI is InChI=1S/C20H23N3O2S/c1-15-4-3-5-19(12-15)22-18-8-10-23(11-9-18)26(24,25)20-7-6-17(14-21)16(2)13-20/h3-7,12-13,18,22H,8-11H2,1-2H3. The third-order valence-corrected chi connectivity index (χ3v) is 6.69. The van der Waals surface area contributed by atoms with Crippen LogP contribution in [0, 0.1) is 25.2 Å². The Morgan fingerprint density at radius 2 is 1.85 bits per heavy atom. The molecule has 0 aromatic heterocycles. The zero-order valence-electron chi connectivity index (χ0n) is 15.1. The maximum Gasteiger partial charge on any atom is 0.243 e. The maximum atomic E-state index is 12.9. The number of benzene rings is 2. The Morgan fingerprint density at radius 1 is 1.12 bits per heavy atom. The van der Waals surface area contributed by atoms with Gasteiger partial charge in [-0.25, -0.2) is 8.42 Å². The van der Waals surface area contributed by atoms with Crippen LogP contribution in [0.5, 0.6) is 0 Å². The normalized spacial score (nSPS) is 16.2. The van der Waals surface area contributed by atoms with E-state index in [1.54, 1.807) is 23.4 Å². The number of nitrogens with one attached hydrogen (secondary N) is 1. The van der Waals surface area contributed by atoms with Crippen LogP contribution >= 0.6 is 0 Å². The van der Waals surface area contributed by atoms with Gasteiger partial charge in [0.05, 0.1) is 16.5 Å². The fourth-order valence-electron chi connectivity index (χ4n) is 3.28. The largest absolute Gasteiger partial charge is 0.382 e. The lowest BCUT2D eigenvalue weighted by molar-refractivity contribution is 0.329. The zero-order valence-corrected chi connectivity index (χ0v) is 15.9. The van der Waals surface area contributed by atoms with E-state index in [4.69, 9.17) is 5.26 Å². The number of hydrogen-bond acceptors (Lipinski definition) is 4. The second kappa shape index (κ2) is 7.48. The van der Waals surface area contributed by atoms with Crippen LogP contribution in [0.2, 0.25) is 0 Å². The van der Waals surface area contributed by atoms with Crippen LogP contribution in [-0.4, -0.2) is 31.9 Å². The molecule has 1 fully saturated rings. The van der Waals surface area contributed by atoms with Crippen molar-refractivity contribution >= 4 is 15.7 Å². The summed E-state index contributed by atoms with van der Waals surface area (Å²) >= 11 is 0. The van der Waals surface area contributed by atoms with Crippen molar-refractivity contribution in [1.29, 1.82) is 5.26 Å². The average molecular weight is 369 g/mol. The molecule has 6 heteroatoms. The second-order valence-corrected chi connectivity index (χ2v) is 8.72. The molecule has 0 unspecified atom stereocenters. The lowest BCUT2D eigenvalue weighted by Crippen LogP contribution is -2.42. The summed E-state index contributed by atoms with van der Waals surface area (Å²) in [4.78, 5) is 0.263. The zero-order chi connectivity index (χ0) is 18.7. The first kappa shape index (κ1) is 18.4. The molecule has 0 amide bonds. The lowest BCUT2D eigenvalue weighted by Gasteiger charge is -2.32. The molecule has 26 heavy (non-hydrogen) atoms. The lowest BCUT2D eigenvalue weighted by atomic mass is 10.1. The summed E-state index contributed by atoms with van der Waals surface area (Å²) in [5.41, 5.74) is 3.47. The molecule has 1 heterocycles. The summed E-state index contributed by atoms with van der Waals surface area (Å²) in [6.45, 7) is 4.80. The van der Waals surface area contributed by atoms with E-state index in [1.165, 1.54) is 11.6 Å². The summed E-state index contributed by atoms with van der Waals surface area (Å²) in [5, 5.41) is 12.5. The Balaban J connectivity index is 1.67. The van der Waals surface area contributed by atoms with Gasteiger partial charge in [-0.15, -0.1) is 0 Å². The van der Waals surface area contributed by atoms with Crippen molar-refractivity contribution in [3.05, 3.63) is 59.2 Å². The van der Waals surface area contributed by atoms with Gasteiger partial charge in [0.25, 0.3) is 0 Å². The van der Waals surface area contributed by atoms with Crippen LogP contribution in [0.1, 0.15) is 29.5 Å². The fourth-order valence-corrected chi connectivity index (χ4v) is 4.84. The summed E-state index contributed by atoms with van der Waals surface area (Å²) in [6, 6.07) is 15.2. The van der Waals surface area contributed by atoms with Gasteiger partial charge in [-0.2, -0.15) is 9.57 Å². The van der Waals surface area contributed by atoms with Gasteiger partial charge in [0.2, 0.25) is 10.0 Å². The van der Waals surface area contributed by atoms with E-state index >= 15 is 0 Å². The molecule has 1 aliphatic heterocycles. The van der Waals surface area contributed by atoms with Gasteiger partial charge in [0.1, 0.15) is 0 Å². The van der Waals surface area contributed by atoms with E-state index in [9.17, 15) is 8.42 Å². The molecule has 5 nitrogen and oxygen atoms in total.